The van der Waals surface area contributed by atoms with Gasteiger partial charge in [-0.25, -0.2) is 0 Å². The van der Waals surface area contributed by atoms with Gasteiger partial charge >= 0.3 is 0 Å². The maximum absolute atomic E-state index is 6.59. The van der Waals surface area contributed by atoms with E-state index in [1.165, 1.54) is 38.5 Å². The highest BCUT2D eigenvalue weighted by Crippen LogP contribution is 2.03. The monoisotopic (exact) mass is 155 g/mol. The summed E-state index contributed by atoms with van der Waals surface area (Å²) in [6, 6.07) is 0. The van der Waals surface area contributed by atoms with Crippen molar-refractivity contribution in [2.24, 2.45) is 0 Å². The fourth-order valence-corrected chi connectivity index (χ4v) is 1.06. The minimum Gasteiger partial charge on any atom is -0.367 e. The smallest absolute Gasteiger partial charge is 0.161 e. The number of unbranched alkanes of at least 4 members (excludes halogenated alkanes) is 5. The molecule has 0 unspecified atom stereocenters. The molecule has 65 valence electrons. The summed E-state index contributed by atoms with van der Waals surface area (Å²) < 4.78 is 0. The van der Waals surface area contributed by atoms with Gasteiger partial charge < -0.3 is 5.32 Å². The van der Waals surface area contributed by atoms with Crippen LogP contribution < -0.4 is 5.32 Å². The molecule has 0 spiro atoms. The molecule has 2 N–H and O–H groups in total. The van der Waals surface area contributed by atoms with E-state index in [2.05, 4.69) is 18.6 Å². The summed E-state index contributed by atoms with van der Waals surface area (Å²) >= 11 is 0. The van der Waals surface area contributed by atoms with Crippen LogP contribution in [0.1, 0.15) is 45.4 Å². The van der Waals surface area contributed by atoms with Crippen molar-refractivity contribution in [2.45, 2.75) is 45.4 Å². The van der Waals surface area contributed by atoms with Crippen LogP contribution in [0.2, 0.25) is 0 Å². The summed E-state index contributed by atoms with van der Waals surface area (Å²) in [7, 11) is 0. The van der Waals surface area contributed by atoms with Crippen LogP contribution in [-0.2, 0) is 0 Å². The molecule has 0 saturated carbocycles. The Hall–Kier alpha value is -0.530. The first-order valence-corrected chi connectivity index (χ1v) is 4.56. The Bertz CT molecular complexity index is 81.6. The first-order valence-electron chi connectivity index (χ1n) is 4.56. The topological polar surface area (TPSA) is 35.9 Å². The van der Waals surface area contributed by atoms with E-state index in [0.29, 0.717) is 0 Å². The van der Waals surface area contributed by atoms with Crippen molar-refractivity contribution in [3.8, 4) is 0 Å². The third-order valence-corrected chi connectivity index (χ3v) is 1.74. The molecule has 11 heavy (non-hydrogen) atoms. The molecule has 0 saturated heterocycles. The standard InChI is InChI=1S/C9H19N2/c1-2-3-4-5-6-7-8-11-9-10/h2-8H2,1H3,(H2,10,11). The van der Waals surface area contributed by atoms with E-state index in [1.54, 1.807) is 0 Å². The lowest BCUT2D eigenvalue weighted by molar-refractivity contribution is 0.603. The molecule has 0 aliphatic rings. The normalized spacial score (nSPS) is 9.55. The maximum Gasteiger partial charge on any atom is 0.161 e. The van der Waals surface area contributed by atoms with Crippen molar-refractivity contribution in [1.29, 1.82) is 5.41 Å². The lowest BCUT2D eigenvalue weighted by atomic mass is 10.1. The Morgan fingerprint density at radius 3 is 2.36 bits per heavy atom. The van der Waals surface area contributed by atoms with Crippen LogP contribution in [0.15, 0.2) is 0 Å². The molecular weight excluding hydrogens is 136 g/mol. The first-order chi connectivity index (χ1) is 5.41. The second-order valence-electron chi connectivity index (χ2n) is 2.82. The second kappa shape index (κ2) is 9.47. The van der Waals surface area contributed by atoms with Crippen LogP contribution in [0, 0.1) is 5.41 Å². The summed E-state index contributed by atoms with van der Waals surface area (Å²) in [4.78, 5) is 0. The molecule has 0 fully saturated rings. The summed E-state index contributed by atoms with van der Waals surface area (Å²) in [5.74, 6) is 0. The predicted molar refractivity (Wildman–Crippen MR) is 49.1 cm³/mol. The van der Waals surface area contributed by atoms with E-state index in [4.69, 9.17) is 5.41 Å². The largest absolute Gasteiger partial charge is 0.367 e. The fraction of sp³-hybridized carbons (Fsp3) is 0.889. The van der Waals surface area contributed by atoms with Crippen molar-refractivity contribution in [3.05, 3.63) is 0 Å². The third-order valence-electron chi connectivity index (χ3n) is 1.74. The van der Waals surface area contributed by atoms with Gasteiger partial charge in [0.15, 0.2) is 6.34 Å². The zero-order valence-corrected chi connectivity index (χ0v) is 7.45. The lowest BCUT2D eigenvalue weighted by Gasteiger charge is -1.99. The van der Waals surface area contributed by atoms with Gasteiger partial charge in [-0.3, -0.25) is 5.41 Å². The van der Waals surface area contributed by atoms with Gasteiger partial charge in [0.05, 0.1) is 0 Å². The Morgan fingerprint density at radius 1 is 1.09 bits per heavy atom. The lowest BCUT2D eigenvalue weighted by Crippen LogP contribution is -2.11. The van der Waals surface area contributed by atoms with Crippen LogP contribution >= 0.6 is 0 Å². The van der Waals surface area contributed by atoms with Crippen molar-refractivity contribution < 1.29 is 0 Å². The molecule has 0 atom stereocenters. The molecule has 1 radical (unpaired) electrons. The predicted octanol–water partition coefficient (Wildman–Crippen LogP) is 2.42. The minimum atomic E-state index is 0.912. The molecule has 0 heterocycles. The highest BCUT2D eigenvalue weighted by atomic mass is 14.9. The Labute approximate surface area is 69.9 Å². The quantitative estimate of drug-likeness (QED) is 0.240. The van der Waals surface area contributed by atoms with E-state index in [-0.39, 0.29) is 0 Å². The SMILES string of the molecule is CCCCCCCCN[C]=N. The molecule has 0 aliphatic carbocycles. The van der Waals surface area contributed by atoms with Crippen molar-refractivity contribution in [2.75, 3.05) is 6.54 Å². The van der Waals surface area contributed by atoms with E-state index >= 15 is 0 Å². The molecule has 0 aromatic rings. The molecule has 2 nitrogen and oxygen atoms in total. The van der Waals surface area contributed by atoms with Crippen LogP contribution in [0.25, 0.3) is 0 Å². The van der Waals surface area contributed by atoms with Crippen LogP contribution in [-0.4, -0.2) is 12.9 Å². The number of hydrogen-bond acceptors (Lipinski definition) is 1. The highest BCUT2D eigenvalue weighted by Gasteiger charge is 1.87. The van der Waals surface area contributed by atoms with E-state index in [1.807, 2.05) is 0 Å². The zero-order chi connectivity index (χ0) is 8.36. The summed E-state index contributed by atoms with van der Waals surface area (Å²) in [6.45, 7) is 3.14. The first kappa shape index (κ1) is 10.5. The Balaban J connectivity index is 2.74. The van der Waals surface area contributed by atoms with Gasteiger partial charge in [0, 0.05) is 6.54 Å². The summed E-state index contributed by atoms with van der Waals surface area (Å²) in [6.07, 6.45) is 10.0. The van der Waals surface area contributed by atoms with Gasteiger partial charge in [0.25, 0.3) is 0 Å². The van der Waals surface area contributed by atoms with Crippen molar-refractivity contribution in [3.63, 3.8) is 0 Å². The van der Waals surface area contributed by atoms with Crippen molar-refractivity contribution >= 4 is 6.34 Å². The van der Waals surface area contributed by atoms with E-state index in [0.717, 1.165) is 6.54 Å². The summed E-state index contributed by atoms with van der Waals surface area (Å²) in [5, 5.41) is 9.34. The van der Waals surface area contributed by atoms with Gasteiger partial charge in [0.1, 0.15) is 0 Å². The molecular formula is C9H19N2. The Morgan fingerprint density at radius 2 is 1.73 bits per heavy atom. The Kier molecular flexibility index (Phi) is 9.01. The van der Waals surface area contributed by atoms with Crippen LogP contribution in [0.4, 0.5) is 0 Å². The second-order valence-corrected chi connectivity index (χ2v) is 2.82. The van der Waals surface area contributed by atoms with Gasteiger partial charge in [-0.1, -0.05) is 39.0 Å². The van der Waals surface area contributed by atoms with Gasteiger partial charge in [-0.2, -0.15) is 0 Å². The fourth-order valence-electron chi connectivity index (χ4n) is 1.06. The number of rotatable bonds is 8. The third kappa shape index (κ3) is 9.47. The van der Waals surface area contributed by atoms with Crippen LogP contribution in [0.3, 0.4) is 0 Å². The highest BCUT2D eigenvalue weighted by molar-refractivity contribution is 5.49. The van der Waals surface area contributed by atoms with Gasteiger partial charge in [0.2, 0.25) is 0 Å². The maximum atomic E-state index is 6.59. The van der Waals surface area contributed by atoms with Gasteiger partial charge in [-0.05, 0) is 6.42 Å². The average Bonchev–Trinajstić information content (AvgIpc) is 2.03. The molecule has 0 aliphatic heterocycles. The molecule has 0 amide bonds. The van der Waals surface area contributed by atoms with E-state index < -0.39 is 0 Å². The molecule has 0 aromatic carbocycles. The van der Waals surface area contributed by atoms with Gasteiger partial charge in [-0.15, -0.1) is 0 Å². The summed E-state index contributed by atoms with van der Waals surface area (Å²) in [5.41, 5.74) is 0. The average molecular weight is 155 g/mol. The van der Waals surface area contributed by atoms with Crippen LogP contribution in [0.5, 0.6) is 0 Å². The molecule has 0 bridgehead atoms. The number of hydrogen-bond donors (Lipinski definition) is 2. The zero-order valence-electron chi connectivity index (χ0n) is 7.45. The molecule has 2 heteroatoms. The van der Waals surface area contributed by atoms with Crippen molar-refractivity contribution in [1.82, 2.24) is 5.32 Å². The van der Waals surface area contributed by atoms with E-state index in [9.17, 15) is 0 Å². The minimum absolute atomic E-state index is 0.912. The molecule has 0 aromatic heterocycles. The number of nitrogens with one attached hydrogen (secondary N) is 2. The molecule has 0 rings (SSSR count).